The Morgan fingerprint density at radius 1 is 0.341 bits per heavy atom. The number of ether oxygens (including phenoxy) is 4. The third kappa shape index (κ3) is 54.7. The molecule has 17 nitrogen and oxygen atoms in total. The summed E-state index contributed by atoms with van der Waals surface area (Å²) in [5, 5.41) is 10.5. The fourth-order valence-corrected chi connectivity index (χ4v) is 10.8. The van der Waals surface area contributed by atoms with Gasteiger partial charge in [0.15, 0.2) is 12.2 Å². The molecule has 3 N–H and O–H groups in total. The molecule has 0 aliphatic rings. The van der Waals surface area contributed by atoms with Crippen LogP contribution >= 0.6 is 15.6 Å². The summed E-state index contributed by atoms with van der Waals surface area (Å²) >= 11 is 0. The molecule has 0 heterocycles. The highest BCUT2D eigenvalue weighted by Crippen LogP contribution is 2.45. The smallest absolute Gasteiger partial charge is 0.462 e. The minimum atomic E-state index is -4.94. The summed E-state index contributed by atoms with van der Waals surface area (Å²) in [7, 11) is -9.89. The summed E-state index contributed by atoms with van der Waals surface area (Å²) in [6.07, 6.45) is 32.3. The van der Waals surface area contributed by atoms with Crippen LogP contribution < -0.4 is 0 Å². The highest BCUT2D eigenvalue weighted by molar-refractivity contribution is 7.47. The van der Waals surface area contributed by atoms with E-state index in [9.17, 15) is 43.2 Å². The van der Waals surface area contributed by atoms with Gasteiger partial charge in [-0.25, -0.2) is 9.13 Å². The molecule has 0 spiro atoms. The Bertz CT molecular complexity index is 1650. The molecule has 7 atom stereocenters. The van der Waals surface area contributed by atoms with E-state index in [4.69, 9.17) is 37.0 Å². The summed E-state index contributed by atoms with van der Waals surface area (Å²) < 4.78 is 67.9. The van der Waals surface area contributed by atoms with E-state index in [0.29, 0.717) is 31.6 Å². The lowest BCUT2D eigenvalue weighted by atomic mass is 9.99. The van der Waals surface area contributed by atoms with E-state index in [1.165, 1.54) is 96.3 Å². The highest BCUT2D eigenvalue weighted by atomic mass is 31.2. The molecule has 0 aliphatic carbocycles. The second-order valence-electron chi connectivity index (χ2n) is 24.2. The van der Waals surface area contributed by atoms with Crippen molar-refractivity contribution in [2.75, 3.05) is 39.6 Å². The fraction of sp³-hybridized carbons (Fsp3) is 0.937. The Morgan fingerprint density at radius 2 is 0.585 bits per heavy atom. The monoisotopic (exact) mass is 1210 g/mol. The normalized spacial score (nSPS) is 15.1. The first-order valence-electron chi connectivity index (χ1n) is 32.8. The zero-order valence-electron chi connectivity index (χ0n) is 53.1. The third-order valence-corrected chi connectivity index (χ3v) is 16.9. The number of carbonyl (C=O) groups is 4. The van der Waals surface area contributed by atoms with Gasteiger partial charge in [-0.2, -0.15) is 0 Å². The molecule has 19 heteroatoms. The van der Waals surface area contributed by atoms with Crippen molar-refractivity contribution in [1.82, 2.24) is 0 Å². The van der Waals surface area contributed by atoms with Gasteiger partial charge in [0.1, 0.15) is 19.3 Å². The molecule has 0 rings (SSSR count). The van der Waals surface area contributed by atoms with E-state index < -0.39 is 97.5 Å². The van der Waals surface area contributed by atoms with Crippen LogP contribution in [-0.2, 0) is 65.4 Å². The lowest BCUT2D eigenvalue weighted by molar-refractivity contribution is -0.161. The van der Waals surface area contributed by atoms with Crippen molar-refractivity contribution in [2.45, 2.75) is 318 Å². The average Bonchev–Trinajstić information content (AvgIpc) is 3.44. The topological polar surface area (TPSA) is 237 Å². The van der Waals surface area contributed by atoms with Crippen LogP contribution in [0.3, 0.4) is 0 Å². The first kappa shape index (κ1) is 80.1. The van der Waals surface area contributed by atoms with Gasteiger partial charge in [-0.1, -0.05) is 248 Å². The van der Waals surface area contributed by atoms with Gasteiger partial charge < -0.3 is 33.8 Å². The van der Waals surface area contributed by atoms with Gasteiger partial charge >= 0.3 is 39.5 Å². The van der Waals surface area contributed by atoms with Gasteiger partial charge in [0, 0.05) is 25.7 Å². The van der Waals surface area contributed by atoms with Crippen molar-refractivity contribution in [3.05, 3.63) is 0 Å². The number of unbranched alkanes of at least 4 members (excludes halogenated alkanes) is 24. The predicted octanol–water partition coefficient (Wildman–Crippen LogP) is 17.0. The molecule has 0 radical (unpaired) electrons. The van der Waals surface area contributed by atoms with E-state index in [-0.39, 0.29) is 25.7 Å². The number of esters is 4. The second kappa shape index (κ2) is 53.3. The molecule has 0 fully saturated rings. The van der Waals surface area contributed by atoms with Crippen molar-refractivity contribution in [2.24, 2.45) is 23.7 Å². The maximum Gasteiger partial charge on any atom is 0.472 e. The first-order chi connectivity index (χ1) is 39.2. The fourth-order valence-electron chi connectivity index (χ4n) is 9.19. The first-order valence-corrected chi connectivity index (χ1v) is 35.8. The Labute approximate surface area is 498 Å². The largest absolute Gasteiger partial charge is 0.472 e. The van der Waals surface area contributed by atoms with Gasteiger partial charge in [-0.05, 0) is 49.4 Å². The number of phosphoric acid groups is 2. The standard InChI is InChI=1S/C63H122O17P2/c1-9-55(7)41-33-25-16-12-14-18-29-37-45-62(67)79-58(49-73-60(65)43-35-27-17-13-11-15-23-31-39-53(3)4)51-77-81(69,70)75-47-57(64)48-76-82(71,72)78-52-59(80-63(68)46-38-30-21-19-24-32-40-54(5)6)50-74-61(66)44-36-28-22-20-26-34-42-56(8)10-2/h53-59,64H,9-52H2,1-8H3,(H,69,70)(H,71,72)/t55?,56?,57?,58-,59-/m1/s1. The van der Waals surface area contributed by atoms with E-state index in [1.807, 2.05) is 0 Å². The maximum atomic E-state index is 13.0. The molecule has 0 aromatic heterocycles. The summed E-state index contributed by atoms with van der Waals surface area (Å²) in [5.74, 6) is 0.750. The SMILES string of the molecule is CCC(C)CCCCCCCCCCC(=O)O[C@H](COC(=O)CCCCCCCCCCC(C)C)COP(=O)(O)OCC(O)COP(=O)(O)OC[C@@H](COC(=O)CCCCCCCCC(C)CC)OC(=O)CCCCCCCCC(C)C. The van der Waals surface area contributed by atoms with Gasteiger partial charge in [0.05, 0.1) is 26.4 Å². The van der Waals surface area contributed by atoms with Crippen LogP contribution in [0.4, 0.5) is 0 Å². The third-order valence-electron chi connectivity index (χ3n) is 15.0. The number of hydrogen-bond acceptors (Lipinski definition) is 15. The number of aliphatic hydroxyl groups excluding tert-OH is 1. The van der Waals surface area contributed by atoms with Crippen LogP contribution in [0.25, 0.3) is 0 Å². The van der Waals surface area contributed by atoms with Crippen molar-refractivity contribution in [1.29, 1.82) is 0 Å². The minimum Gasteiger partial charge on any atom is -0.462 e. The van der Waals surface area contributed by atoms with Crippen molar-refractivity contribution >= 4 is 39.5 Å². The quantitative estimate of drug-likeness (QED) is 0.0222. The molecule has 0 amide bonds. The van der Waals surface area contributed by atoms with Gasteiger partial charge in [0.2, 0.25) is 0 Å². The number of carbonyl (C=O) groups excluding carboxylic acids is 4. The molecule has 0 aromatic rings. The van der Waals surface area contributed by atoms with Gasteiger partial charge in [0.25, 0.3) is 0 Å². The van der Waals surface area contributed by atoms with Gasteiger partial charge in [-0.3, -0.25) is 37.3 Å². The number of phosphoric ester groups is 2. The number of rotatable bonds is 60. The summed E-state index contributed by atoms with van der Waals surface area (Å²) in [6, 6.07) is 0. The molecule has 0 saturated carbocycles. The van der Waals surface area contributed by atoms with Gasteiger partial charge in [-0.15, -0.1) is 0 Å². The summed E-state index contributed by atoms with van der Waals surface area (Å²) in [6.45, 7) is 13.9. The second-order valence-corrected chi connectivity index (χ2v) is 27.1. The Morgan fingerprint density at radius 3 is 0.866 bits per heavy atom. The summed E-state index contributed by atoms with van der Waals surface area (Å²) in [5.41, 5.74) is 0. The molecular weight excluding hydrogens is 1090 g/mol. The lowest BCUT2D eigenvalue weighted by Gasteiger charge is -2.21. The molecular formula is C63H122O17P2. The zero-order valence-corrected chi connectivity index (χ0v) is 54.9. The van der Waals surface area contributed by atoms with Crippen LogP contribution in [0, 0.1) is 23.7 Å². The zero-order chi connectivity index (χ0) is 61.1. The number of aliphatic hydroxyl groups is 1. The van der Waals surface area contributed by atoms with Crippen molar-refractivity contribution in [3.8, 4) is 0 Å². The molecule has 82 heavy (non-hydrogen) atoms. The molecule has 0 bridgehead atoms. The van der Waals surface area contributed by atoms with Crippen LogP contribution in [-0.4, -0.2) is 96.7 Å². The van der Waals surface area contributed by atoms with Crippen molar-refractivity contribution < 1.29 is 80.2 Å². The van der Waals surface area contributed by atoms with E-state index in [1.54, 1.807) is 0 Å². The Balaban J connectivity index is 5.26. The van der Waals surface area contributed by atoms with Crippen LogP contribution in [0.2, 0.25) is 0 Å². The average molecular weight is 1210 g/mol. The molecule has 486 valence electrons. The Hall–Kier alpha value is -1.94. The lowest BCUT2D eigenvalue weighted by Crippen LogP contribution is -2.30. The maximum absolute atomic E-state index is 13.0. The Kier molecular flexibility index (Phi) is 52.0. The molecule has 5 unspecified atom stereocenters. The molecule has 0 saturated heterocycles. The van der Waals surface area contributed by atoms with Crippen LogP contribution in [0.15, 0.2) is 0 Å². The number of hydrogen-bond donors (Lipinski definition) is 3. The minimum absolute atomic E-state index is 0.100. The molecule has 0 aliphatic heterocycles. The van der Waals surface area contributed by atoms with Crippen molar-refractivity contribution in [3.63, 3.8) is 0 Å². The highest BCUT2D eigenvalue weighted by Gasteiger charge is 2.30. The van der Waals surface area contributed by atoms with E-state index in [0.717, 1.165) is 114 Å². The van der Waals surface area contributed by atoms with E-state index in [2.05, 4.69) is 55.4 Å². The van der Waals surface area contributed by atoms with Crippen LogP contribution in [0.1, 0.15) is 299 Å². The molecule has 0 aromatic carbocycles. The predicted molar refractivity (Wildman–Crippen MR) is 326 cm³/mol. The summed E-state index contributed by atoms with van der Waals surface area (Å²) in [4.78, 5) is 72.1. The van der Waals surface area contributed by atoms with E-state index >= 15 is 0 Å². The van der Waals surface area contributed by atoms with Crippen LogP contribution in [0.5, 0.6) is 0 Å².